The molecule has 1 aromatic heterocycles. The molecule has 0 aliphatic heterocycles. The van der Waals surface area contributed by atoms with Crippen molar-refractivity contribution in [1.29, 1.82) is 0 Å². The van der Waals surface area contributed by atoms with E-state index < -0.39 is 0 Å². The first-order chi connectivity index (χ1) is 10.2. The molecule has 1 N–H and O–H groups in total. The molecule has 0 amide bonds. The van der Waals surface area contributed by atoms with Crippen molar-refractivity contribution >= 4 is 11.3 Å². The third kappa shape index (κ3) is 3.90. The highest BCUT2D eigenvalue weighted by molar-refractivity contribution is 7.15. The SMILES string of the molecule is CCOC(c1nc(CNC)c(-c2ccccc2)s1)C(C)C. The highest BCUT2D eigenvalue weighted by atomic mass is 32.1. The van der Waals surface area contributed by atoms with Crippen LogP contribution in [-0.4, -0.2) is 18.6 Å². The van der Waals surface area contributed by atoms with Gasteiger partial charge in [-0.3, -0.25) is 0 Å². The largest absolute Gasteiger partial charge is 0.371 e. The maximum atomic E-state index is 5.90. The fourth-order valence-corrected chi connectivity index (χ4v) is 3.63. The Morgan fingerprint density at radius 2 is 1.95 bits per heavy atom. The average molecular weight is 304 g/mol. The maximum absolute atomic E-state index is 5.90. The van der Waals surface area contributed by atoms with Crippen LogP contribution in [-0.2, 0) is 11.3 Å². The van der Waals surface area contributed by atoms with E-state index in [-0.39, 0.29) is 6.10 Å². The molecule has 4 heteroatoms. The third-order valence-corrected chi connectivity index (χ3v) is 4.50. The molecule has 0 radical (unpaired) electrons. The molecule has 1 atom stereocenters. The molecule has 0 saturated heterocycles. The number of nitrogens with zero attached hydrogens (tertiary/aromatic N) is 1. The molecule has 3 nitrogen and oxygen atoms in total. The van der Waals surface area contributed by atoms with Crippen LogP contribution in [0.5, 0.6) is 0 Å². The van der Waals surface area contributed by atoms with Gasteiger partial charge in [-0.2, -0.15) is 0 Å². The average Bonchev–Trinajstić information content (AvgIpc) is 2.89. The second kappa shape index (κ2) is 7.69. The number of ether oxygens (including phenoxy) is 1. The molecule has 0 saturated carbocycles. The minimum atomic E-state index is 0.0769. The quantitative estimate of drug-likeness (QED) is 0.829. The fourth-order valence-electron chi connectivity index (χ4n) is 2.32. The molecule has 0 fully saturated rings. The van der Waals surface area contributed by atoms with Gasteiger partial charge in [0, 0.05) is 13.2 Å². The van der Waals surface area contributed by atoms with E-state index in [1.54, 1.807) is 11.3 Å². The Balaban J connectivity index is 2.41. The first kappa shape index (κ1) is 16.1. The minimum Gasteiger partial charge on any atom is -0.371 e. The minimum absolute atomic E-state index is 0.0769. The van der Waals surface area contributed by atoms with Gasteiger partial charge in [-0.1, -0.05) is 44.2 Å². The van der Waals surface area contributed by atoms with Crippen molar-refractivity contribution in [3.63, 3.8) is 0 Å². The van der Waals surface area contributed by atoms with Crippen LogP contribution in [0.2, 0.25) is 0 Å². The standard InChI is InChI=1S/C17H24N2OS/c1-5-20-15(12(2)3)17-19-14(11-18-4)16(21-17)13-9-7-6-8-10-13/h6-10,12,15,18H,5,11H2,1-4H3. The fraction of sp³-hybridized carbons (Fsp3) is 0.471. The second-order valence-electron chi connectivity index (χ2n) is 5.34. The van der Waals surface area contributed by atoms with E-state index in [9.17, 15) is 0 Å². The molecule has 1 unspecified atom stereocenters. The van der Waals surface area contributed by atoms with Gasteiger partial charge in [0.15, 0.2) is 0 Å². The zero-order valence-corrected chi connectivity index (χ0v) is 14.0. The lowest BCUT2D eigenvalue weighted by Gasteiger charge is -2.18. The van der Waals surface area contributed by atoms with Gasteiger partial charge in [-0.15, -0.1) is 11.3 Å². The summed E-state index contributed by atoms with van der Waals surface area (Å²) in [5.41, 5.74) is 2.33. The molecule has 1 heterocycles. The lowest BCUT2D eigenvalue weighted by Crippen LogP contribution is -2.12. The number of benzene rings is 1. The van der Waals surface area contributed by atoms with Crippen molar-refractivity contribution in [3.05, 3.63) is 41.0 Å². The smallest absolute Gasteiger partial charge is 0.123 e. The van der Waals surface area contributed by atoms with Crippen LogP contribution >= 0.6 is 11.3 Å². The number of thiazole rings is 1. The van der Waals surface area contributed by atoms with Crippen LogP contribution in [0.4, 0.5) is 0 Å². The number of aromatic nitrogens is 1. The van der Waals surface area contributed by atoms with Crippen molar-refractivity contribution in [2.45, 2.75) is 33.4 Å². The summed E-state index contributed by atoms with van der Waals surface area (Å²) in [6, 6.07) is 10.5. The molecule has 0 aliphatic carbocycles. The molecular weight excluding hydrogens is 280 g/mol. The first-order valence-corrected chi connectivity index (χ1v) is 8.30. The van der Waals surface area contributed by atoms with Gasteiger partial charge in [0.2, 0.25) is 0 Å². The predicted molar refractivity (Wildman–Crippen MR) is 89.5 cm³/mol. The van der Waals surface area contributed by atoms with Crippen molar-refractivity contribution in [2.24, 2.45) is 5.92 Å². The zero-order chi connectivity index (χ0) is 15.2. The summed E-state index contributed by atoms with van der Waals surface area (Å²) >= 11 is 1.75. The second-order valence-corrected chi connectivity index (χ2v) is 6.37. The van der Waals surface area contributed by atoms with E-state index in [0.29, 0.717) is 12.5 Å². The molecular formula is C17H24N2OS. The van der Waals surface area contributed by atoms with E-state index in [0.717, 1.165) is 17.2 Å². The Hall–Kier alpha value is -1.23. The summed E-state index contributed by atoms with van der Waals surface area (Å²) in [5, 5.41) is 4.29. The van der Waals surface area contributed by atoms with Crippen LogP contribution in [0.25, 0.3) is 10.4 Å². The number of hydrogen-bond donors (Lipinski definition) is 1. The topological polar surface area (TPSA) is 34.1 Å². The van der Waals surface area contributed by atoms with Crippen molar-refractivity contribution in [2.75, 3.05) is 13.7 Å². The summed E-state index contributed by atoms with van der Waals surface area (Å²) in [6.07, 6.45) is 0.0769. The van der Waals surface area contributed by atoms with Gasteiger partial charge in [0.25, 0.3) is 0 Å². The van der Waals surface area contributed by atoms with Crippen LogP contribution in [0.1, 0.15) is 37.6 Å². The summed E-state index contributed by atoms with van der Waals surface area (Å²) in [5.74, 6) is 0.419. The lowest BCUT2D eigenvalue weighted by atomic mass is 10.1. The molecule has 2 rings (SSSR count). The zero-order valence-electron chi connectivity index (χ0n) is 13.2. The summed E-state index contributed by atoms with van der Waals surface area (Å²) in [4.78, 5) is 6.09. The molecule has 0 spiro atoms. The highest BCUT2D eigenvalue weighted by Crippen LogP contribution is 2.36. The van der Waals surface area contributed by atoms with Gasteiger partial charge < -0.3 is 10.1 Å². The normalized spacial score (nSPS) is 12.8. The van der Waals surface area contributed by atoms with Gasteiger partial charge >= 0.3 is 0 Å². The molecule has 21 heavy (non-hydrogen) atoms. The van der Waals surface area contributed by atoms with E-state index in [4.69, 9.17) is 9.72 Å². The predicted octanol–water partition coefficient (Wildman–Crippen LogP) is 4.26. The Kier molecular flexibility index (Phi) is 5.91. The Labute approximate surface area is 131 Å². The monoisotopic (exact) mass is 304 g/mol. The number of rotatable bonds is 7. The summed E-state index contributed by atoms with van der Waals surface area (Å²) < 4.78 is 5.90. The Bertz CT molecular complexity index is 551. The number of nitrogens with one attached hydrogen (secondary N) is 1. The summed E-state index contributed by atoms with van der Waals surface area (Å²) in [7, 11) is 1.95. The van der Waals surface area contributed by atoms with Gasteiger partial charge in [0.05, 0.1) is 10.6 Å². The van der Waals surface area contributed by atoms with Crippen molar-refractivity contribution < 1.29 is 4.74 Å². The van der Waals surface area contributed by atoms with Gasteiger partial charge in [-0.05, 0) is 25.5 Å². The van der Waals surface area contributed by atoms with Crippen molar-refractivity contribution in [1.82, 2.24) is 10.3 Å². The van der Waals surface area contributed by atoms with Crippen LogP contribution in [0.3, 0.4) is 0 Å². The molecule has 0 bridgehead atoms. The highest BCUT2D eigenvalue weighted by Gasteiger charge is 2.22. The van der Waals surface area contributed by atoms with E-state index in [1.807, 2.05) is 20.0 Å². The number of hydrogen-bond acceptors (Lipinski definition) is 4. The van der Waals surface area contributed by atoms with Crippen LogP contribution in [0.15, 0.2) is 30.3 Å². The van der Waals surface area contributed by atoms with E-state index >= 15 is 0 Å². The van der Waals surface area contributed by atoms with Gasteiger partial charge in [-0.25, -0.2) is 4.98 Å². The lowest BCUT2D eigenvalue weighted by molar-refractivity contribution is 0.0292. The van der Waals surface area contributed by atoms with Crippen LogP contribution < -0.4 is 5.32 Å². The van der Waals surface area contributed by atoms with Crippen LogP contribution in [0, 0.1) is 5.92 Å². The van der Waals surface area contributed by atoms with E-state index in [1.165, 1.54) is 10.4 Å². The van der Waals surface area contributed by atoms with E-state index in [2.05, 4.69) is 43.4 Å². The van der Waals surface area contributed by atoms with Crippen molar-refractivity contribution in [3.8, 4) is 10.4 Å². The van der Waals surface area contributed by atoms with Gasteiger partial charge in [0.1, 0.15) is 11.1 Å². The first-order valence-electron chi connectivity index (χ1n) is 7.48. The Morgan fingerprint density at radius 3 is 2.52 bits per heavy atom. The maximum Gasteiger partial charge on any atom is 0.123 e. The molecule has 114 valence electrons. The third-order valence-electron chi connectivity index (χ3n) is 3.29. The summed E-state index contributed by atoms with van der Waals surface area (Å²) in [6.45, 7) is 7.89. The Morgan fingerprint density at radius 1 is 1.24 bits per heavy atom. The molecule has 2 aromatic rings. The molecule has 1 aromatic carbocycles. The molecule has 0 aliphatic rings.